The largest absolute Gasteiger partial charge is 0.478 e. The number of hydrogen-bond acceptors (Lipinski definition) is 2. The van der Waals surface area contributed by atoms with Crippen molar-refractivity contribution in [3.05, 3.63) is 35.5 Å². The number of hydrogen-bond donors (Lipinski definition) is 2. The van der Waals surface area contributed by atoms with Crippen LogP contribution >= 0.6 is 0 Å². The molecule has 0 amide bonds. The van der Waals surface area contributed by atoms with Crippen molar-refractivity contribution in [1.29, 1.82) is 0 Å². The van der Waals surface area contributed by atoms with Crippen LogP contribution in [-0.4, -0.2) is 22.2 Å². The van der Waals surface area contributed by atoms with Crippen molar-refractivity contribution in [2.75, 3.05) is 6.54 Å². The number of carbonyl (C=O) groups is 1. The van der Waals surface area contributed by atoms with Gasteiger partial charge in [0.2, 0.25) is 0 Å². The highest BCUT2D eigenvalue weighted by Gasteiger charge is 2.13. The number of carboxylic acids is 1. The van der Waals surface area contributed by atoms with E-state index in [9.17, 15) is 4.79 Å². The van der Waals surface area contributed by atoms with Gasteiger partial charge < -0.3 is 15.0 Å². The average molecular weight is 260 g/mol. The second-order valence-electron chi connectivity index (χ2n) is 4.96. The lowest BCUT2D eigenvalue weighted by Crippen LogP contribution is -2.16. The molecule has 0 saturated carbocycles. The van der Waals surface area contributed by atoms with E-state index in [4.69, 9.17) is 5.11 Å². The Hall–Kier alpha value is -1.81. The van der Waals surface area contributed by atoms with Gasteiger partial charge in [-0.25, -0.2) is 4.79 Å². The molecular formula is C15H20N2O2. The molecule has 0 radical (unpaired) electrons. The quantitative estimate of drug-likeness (QED) is 0.868. The molecule has 2 aromatic rings. The first-order valence-electron chi connectivity index (χ1n) is 6.62. The summed E-state index contributed by atoms with van der Waals surface area (Å²) >= 11 is 0. The Labute approximate surface area is 113 Å². The van der Waals surface area contributed by atoms with E-state index < -0.39 is 5.97 Å². The topological polar surface area (TPSA) is 54.3 Å². The molecule has 0 bridgehead atoms. The van der Waals surface area contributed by atoms with Crippen LogP contribution in [-0.2, 0) is 6.54 Å². The maximum atomic E-state index is 11.0. The molecule has 0 atom stereocenters. The van der Waals surface area contributed by atoms with Crippen LogP contribution in [0.2, 0.25) is 0 Å². The van der Waals surface area contributed by atoms with Gasteiger partial charge in [-0.2, -0.15) is 0 Å². The van der Waals surface area contributed by atoms with E-state index in [0.29, 0.717) is 11.6 Å². The molecule has 0 aliphatic rings. The fraction of sp³-hybridized carbons (Fsp3) is 0.400. The van der Waals surface area contributed by atoms with Gasteiger partial charge >= 0.3 is 5.97 Å². The third-order valence-electron chi connectivity index (χ3n) is 3.24. The Bertz CT molecular complexity index is 599. The predicted octanol–water partition coefficient (Wildman–Crippen LogP) is 3.03. The summed E-state index contributed by atoms with van der Waals surface area (Å²) in [5.41, 5.74) is 2.62. The number of nitrogens with zero attached hydrogens (tertiary/aromatic N) is 1. The van der Waals surface area contributed by atoms with E-state index >= 15 is 0 Å². The zero-order chi connectivity index (χ0) is 14.0. The first-order valence-corrected chi connectivity index (χ1v) is 6.62. The molecule has 0 saturated heterocycles. The lowest BCUT2D eigenvalue weighted by molar-refractivity contribution is 0.0697. The predicted molar refractivity (Wildman–Crippen MR) is 76.7 cm³/mol. The summed E-state index contributed by atoms with van der Waals surface area (Å²) in [5, 5.41) is 13.4. The molecule has 19 heavy (non-hydrogen) atoms. The molecule has 1 aromatic carbocycles. The monoisotopic (exact) mass is 260 g/mol. The number of nitrogens with one attached hydrogen (secondary N) is 1. The summed E-state index contributed by atoms with van der Waals surface area (Å²) < 4.78 is 2.25. The number of rotatable bonds is 5. The van der Waals surface area contributed by atoms with Gasteiger partial charge in [0.15, 0.2) is 0 Å². The molecule has 1 aromatic heterocycles. The fourth-order valence-electron chi connectivity index (χ4n) is 2.43. The maximum absolute atomic E-state index is 11.0. The van der Waals surface area contributed by atoms with Crippen LogP contribution in [0.15, 0.2) is 24.3 Å². The van der Waals surface area contributed by atoms with E-state index in [1.807, 2.05) is 6.07 Å². The number of fused-ring (bicyclic) bond motifs is 1. The van der Waals surface area contributed by atoms with Crippen molar-refractivity contribution in [2.45, 2.75) is 33.4 Å². The van der Waals surface area contributed by atoms with Gasteiger partial charge in [-0.15, -0.1) is 0 Å². The standard InChI is InChI=1S/C15H20N2O2/c1-4-16-9-13-8-12-7-11(15(18)19)5-6-14(12)17(13)10(2)3/h5-8,10,16H,4,9H2,1-3H3,(H,18,19). The second-order valence-corrected chi connectivity index (χ2v) is 4.96. The summed E-state index contributed by atoms with van der Waals surface area (Å²) in [6.07, 6.45) is 0. The molecule has 0 fully saturated rings. The van der Waals surface area contributed by atoms with E-state index in [0.717, 1.165) is 24.0 Å². The lowest BCUT2D eigenvalue weighted by Gasteiger charge is -2.15. The molecule has 4 nitrogen and oxygen atoms in total. The van der Waals surface area contributed by atoms with Crippen molar-refractivity contribution in [3.8, 4) is 0 Å². The van der Waals surface area contributed by atoms with Crippen molar-refractivity contribution < 1.29 is 9.90 Å². The summed E-state index contributed by atoms with van der Waals surface area (Å²) in [5.74, 6) is -0.882. The minimum atomic E-state index is -0.882. The number of aromatic nitrogens is 1. The summed E-state index contributed by atoms with van der Waals surface area (Å²) in [7, 11) is 0. The van der Waals surface area contributed by atoms with Crippen LogP contribution < -0.4 is 5.32 Å². The highest BCUT2D eigenvalue weighted by atomic mass is 16.4. The first kappa shape index (κ1) is 13.6. The highest BCUT2D eigenvalue weighted by molar-refractivity contribution is 5.94. The SMILES string of the molecule is CCNCc1cc2cc(C(=O)O)ccc2n1C(C)C. The van der Waals surface area contributed by atoms with Crippen LogP contribution in [0, 0.1) is 0 Å². The van der Waals surface area contributed by atoms with Crippen molar-refractivity contribution >= 4 is 16.9 Å². The molecule has 102 valence electrons. The average Bonchev–Trinajstić information content (AvgIpc) is 2.73. The van der Waals surface area contributed by atoms with Gasteiger partial charge in [0.25, 0.3) is 0 Å². The minimum Gasteiger partial charge on any atom is -0.478 e. The van der Waals surface area contributed by atoms with Crippen molar-refractivity contribution in [3.63, 3.8) is 0 Å². The van der Waals surface area contributed by atoms with E-state index in [1.54, 1.807) is 12.1 Å². The molecule has 2 rings (SSSR count). The van der Waals surface area contributed by atoms with Gasteiger partial charge in [0.05, 0.1) is 5.56 Å². The zero-order valence-electron chi connectivity index (χ0n) is 11.6. The third-order valence-corrected chi connectivity index (χ3v) is 3.24. The van der Waals surface area contributed by atoms with Crippen LogP contribution in [0.1, 0.15) is 42.9 Å². The van der Waals surface area contributed by atoms with Gasteiger partial charge in [-0.05, 0) is 44.7 Å². The summed E-state index contributed by atoms with van der Waals surface area (Å²) in [6, 6.07) is 7.73. The second kappa shape index (κ2) is 5.45. The zero-order valence-corrected chi connectivity index (χ0v) is 11.6. The van der Waals surface area contributed by atoms with Crippen LogP contribution in [0.4, 0.5) is 0 Å². The van der Waals surface area contributed by atoms with Gasteiger partial charge in [0, 0.05) is 29.2 Å². The first-order chi connectivity index (χ1) is 9.04. The third kappa shape index (κ3) is 2.63. The number of benzene rings is 1. The van der Waals surface area contributed by atoms with E-state index in [2.05, 4.69) is 36.7 Å². The Balaban J connectivity index is 2.55. The molecule has 0 aliphatic carbocycles. The molecule has 0 unspecified atom stereocenters. The molecule has 4 heteroatoms. The highest BCUT2D eigenvalue weighted by Crippen LogP contribution is 2.25. The van der Waals surface area contributed by atoms with Gasteiger partial charge in [-0.3, -0.25) is 0 Å². The lowest BCUT2D eigenvalue weighted by atomic mass is 10.1. The van der Waals surface area contributed by atoms with Crippen LogP contribution in [0.3, 0.4) is 0 Å². The van der Waals surface area contributed by atoms with Gasteiger partial charge in [-0.1, -0.05) is 6.92 Å². The summed E-state index contributed by atoms with van der Waals surface area (Å²) in [4.78, 5) is 11.0. The maximum Gasteiger partial charge on any atom is 0.335 e. The van der Waals surface area contributed by atoms with E-state index in [1.165, 1.54) is 5.69 Å². The Morgan fingerprint density at radius 2 is 2.11 bits per heavy atom. The number of aromatic carboxylic acids is 1. The number of carboxylic acid groups (broad SMARTS) is 1. The Kier molecular flexibility index (Phi) is 3.90. The minimum absolute atomic E-state index is 0.336. The fourth-order valence-corrected chi connectivity index (χ4v) is 2.43. The van der Waals surface area contributed by atoms with Crippen LogP contribution in [0.5, 0.6) is 0 Å². The smallest absolute Gasteiger partial charge is 0.335 e. The molecule has 1 heterocycles. The van der Waals surface area contributed by atoms with Crippen molar-refractivity contribution in [2.24, 2.45) is 0 Å². The Morgan fingerprint density at radius 1 is 1.37 bits per heavy atom. The molecule has 0 spiro atoms. The van der Waals surface area contributed by atoms with Crippen molar-refractivity contribution in [1.82, 2.24) is 9.88 Å². The molecule has 0 aliphatic heterocycles. The molecular weight excluding hydrogens is 240 g/mol. The normalized spacial score (nSPS) is 11.4. The van der Waals surface area contributed by atoms with Crippen LogP contribution in [0.25, 0.3) is 10.9 Å². The Morgan fingerprint density at radius 3 is 2.68 bits per heavy atom. The van der Waals surface area contributed by atoms with Gasteiger partial charge in [0.1, 0.15) is 0 Å². The summed E-state index contributed by atoms with van der Waals surface area (Å²) in [6.45, 7) is 8.07. The molecule has 2 N–H and O–H groups in total. The van der Waals surface area contributed by atoms with E-state index in [-0.39, 0.29) is 0 Å².